The molecule has 0 radical (unpaired) electrons. The van der Waals surface area contributed by atoms with Crippen LogP contribution in [0.1, 0.15) is 38.1 Å². The maximum Gasteiger partial charge on any atom is 0.274 e. The van der Waals surface area contributed by atoms with Gasteiger partial charge in [-0.25, -0.2) is 0 Å². The number of hydrogen-bond acceptors (Lipinski definition) is 5. The monoisotopic (exact) mass is 431 g/mol. The van der Waals surface area contributed by atoms with Gasteiger partial charge >= 0.3 is 0 Å². The number of benzene rings is 2. The summed E-state index contributed by atoms with van der Waals surface area (Å²) in [5.41, 5.74) is 1.90. The first-order valence-corrected chi connectivity index (χ1v) is 10.8. The molecule has 2 aromatic carbocycles. The van der Waals surface area contributed by atoms with Crippen LogP contribution in [0.5, 0.6) is 11.5 Å². The minimum absolute atomic E-state index is 0.0561. The lowest BCUT2D eigenvalue weighted by Gasteiger charge is -2.23. The molecule has 8 heteroatoms. The number of aromatic amines is 2. The van der Waals surface area contributed by atoms with E-state index in [0.29, 0.717) is 38.6 Å². The zero-order chi connectivity index (χ0) is 22.0. The van der Waals surface area contributed by atoms with Gasteiger partial charge in [-0.1, -0.05) is 31.4 Å². The minimum Gasteiger partial charge on any atom is -0.508 e. The highest BCUT2D eigenvalue weighted by Gasteiger charge is 2.26. The van der Waals surface area contributed by atoms with Crippen LogP contribution in [0.2, 0.25) is 0 Å². The standard InChI is InChI=1S/C24H21N3O5/c28-14-8-4-5-12(11-14)17-18-23(27(26-24(18)31)13-6-2-1-3-7-13)25-19-15-9-10-16(29)20(30)21(15)32-22(17)19/h4-5,8-11,13,25,28,30H,1-3,6-7H2,(H,26,31). The van der Waals surface area contributed by atoms with Gasteiger partial charge in [0.05, 0.1) is 16.9 Å². The van der Waals surface area contributed by atoms with Crippen molar-refractivity contribution in [2.45, 2.75) is 38.1 Å². The molecule has 3 heterocycles. The van der Waals surface area contributed by atoms with E-state index in [-0.39, 0.29) is 22.9 Å². The molecular weight excluding hydrogens is 410 g/mol. The first kappa shape index (κ1) is 18.8. The molecule has 1 fully saturated rings. The molecule has 0 unspecified atom stereocenters. The van der Waals surface area contributed by atoms with Crippen LogP contribution in [0.3, 0.4) is 0 Å². The molecule has 1 aliphatic rings. The number of fused-ring (bicyclic) bond motifs is 4. The van der Waals surface area contributed by atoms with E-state index < -0.39 is 11.2 Å². The van der Waals surface area contributed by atoms with E-state index in [2.05, 4.69) is 10.1 Å². The van der Waals surface area contributed by atoms with Gasteiger partial charge < -0.3 is 19.6 Å². The molecule has 0 saturated heterocycles. The van der Waals surface area contributed by atoms with Gasteiger partial charge in [0.15, 0.2) is 11.2 Å². The number of nitrogens with zero attached hydrogens (tertiary/aromatic N) is 1. The third kappa shape index (κ3) is 2.62. The predicted molar refractivity (Wildman–Crippen MR) is 121 cm³/mol. The zero-order valence-corrected chi connectivity index (χ0v) is 17.1. The van der Waals surface area contributed by atoms with Crippen molar-refractivity contribution in [3.63, 3.8) is 0 Å². The van der Waals surface area contributed by atoms with Crippen LogP contribution in [-0.2, 0) is 0 Å². The molecule has 0 spiro atoms. The minimum atomic E-state index is -0.537. The van der Waals surface area contributed by atoms with Gasteiger partial charge in [-0.05, 0) is 42.7 Å². The molecule has 4 N–H and O–H groups in total. The van der Waals surface area contributed by atoms with E-state index >= 15 is 0 Å². The summed E-state index contributed by atoms with van der Waals surface area (Å²) in [4.78, 5) is 28.5. The fourth-order valence-electron chi connectivity index (χ4n) is 5.01. The topological polar surface area (TPSA) is 124 Å². The molecule has 0 atom stereocenters. The van der Waals surface area contributed by atoms with E-state index in [4.69, 9.17) is 4.42 Å². The van der Waals surface area contributed by atoms with Crippen molar-refractivity contribution in [3.05, 3.63) is 57.0 Å². The summed E-state index contributed by atoms with van der Waals surface area (Å²) in [6.45, 7) is 0. The Morgan fingerprint density at radius 1 is 1.00 bits per heavy atom. The molecule has 1 aliphatic carbocycles. The molecular formula is C24H21N3O5. The fourth-order valence-corrected chi connectivity index (χ4v) is 5.01. The smallest absolute Gasteiger partial charge is 0.274 e. The summed E-state index contributed by atoms with van der Waals surface area (Å²) in [5.74, 6) is -0.414. The van der Waals surface area contributed by atoms with Gasteiger partial charge in [0.1, 0.15) is 11.4 Å². The zero-order valence-electron chi connectivity index (χ0n) is 17.1. The number of aromatic hydroxyl groups is 2. The Hall–Kier alpha value is -3.94. The molecule has 5 aromatic rings. The molecule has 3 aromatic heterocycles. The van der Waals surface area contributed by atoms with Crippen LogP contribution < -0.4 is 11.0 Å². The lowest BCUT2D eigenvalue weighted by atomic mass is 9.95. The van der Waals surface area contributed by atoms with Crippen LogP contribution in [0.4, 0.5) is 0 Å². The SMILES string of the molecule is O=c1ccc2c(oc3c(-c4cccc(O)c4)c4c(=O)[nH]n(C5CCCCC5)c4[nH]c32)c1O. The molecule has 1 saturated carbocycles. The fraction of sp³-hybridized carbons (Fsp3) is 0.250. The Balaban J connectivity index is 1.80. The van der Waals surface area contributed by atoms with Gasteiger partial charge in [0, 0.05) is 10.9 Å². The summed E-state index contributed by atoms with van der Waals surface area (Å²) in [6.07, 6.45) is 5.33. The van der Waals surface area contributed by atoms with Crippen molar-refractivity contribution in [1.29, 1.82) is 0 Å². The average molecular weight is 431 g/mol. The lowest BCUT2D eigenvalue weighted by molar-refractivity contribution is 0.335. The van der Waals surface area contributed by atoms with E-state index in [1.54, 1.807) is 30.3 Å². The van der Waals surface area contributed by atoms with Crippen molar-refractivity contribution >= 4 is 33.1 Å². The van der Waals surface area contributed by atoms with Crippen molar-refractivity contribution < 1.29 is 14.6 Å². The first-order valence-electron chi connectivity index (χ1n) is 10.8. The average Bonchev–Trinajstić information content (AvgIpc) is 3.34. The first-order chi connectivity index (χ1) is 15.5. The highest BCUT2D eigenvalue weighted by atomic mass is 16.4. The number of pyridine rings is 1. The van der Waals surface area contributed by atoms with Crippen LogP contribution in [0, 0.1) is 0 Å². The number of aromatic nitrogens is 3. The maximum atomic E-state index is 13.2. The van der Waals surface area contributed by atoms with Gasteiger partial charge in [-0.15, -0.1) is 0 Å². The Morgan fingerprint density at radius 3 is 2.59 bits per heavy atom. The molecule has 6 rings (SSSR count). The molecule has 0 amide bonds. The van der Waals surface area contributed by atoms with Gasteiger partial charge in [-0.2, -0.15) is 0 Å². The van der Waals surface area contributed by atoms with Gasteiger partial charge in [0.25, 0.3) is 5.56 Å². The summed E-state index contributed by atoms with van der Waals surface area (Å²) >= 11 is 0. The molecule has 32 heavy (non-hydrogen) atoms. The quantitative estimate of drug-likeness (QED) is 0.328. The Morgan fingerprint density at radius 2 is 1.81 bits per heavy atom. The lowest BCUT2D eigenvalue weighted by Crippen LogP contribution is -2.16. The molecule has 0 aliphatic heterocycles. The summed E-state index contributed by atoms with van der Waals surface area (Å²) < 4.78 is 7.89. The maximum absolute atomic E-state index is 13.2. The molecule has 0 bridgehead atoms. The van der Waals surface area contributed by atoms with Gasteiger partial charge in [-0.3, -0.25) is 19.4 Å². The second-order valence-electron chi connectivity index (χ2n) is 8.47. The van der Waals surface area contributed by atoms with Crippen molar-refractivity contribution in [2.24, 2.45) is 0 Å². The van der Waals surface area contributed by atoms with Crippen LogP contribution in [0.15, 0.2) is 50.4 Å². The second kappa shape index (κ2) is 6.78. The number of nitrogens with one attached hydrogen (secondary N) is 2. The van der Waals surface area contributed by atoms with E-state index in [9.17, 15) is 19.8 Å². The number of phenolic OH excluding ortho intramolecular Hbond substituents is 2. The largest absolute Gasteiger partial charge is 0.508 e. The Kier molecular flexibility index (Phi) is 3.98. The van der Waals surface area contributed by atoms with Crippen LogP contribution in [-0.4, -0.2) is 25.0 Å². The Bertz CT molecular complexity index is 1630. The third-order valence-corrected chi connectivity index (χ3v) is 6.52. The second-order valence-corrected chi connectivity index (χ2v) is 8.47. The molecule has 8 nitrogen and oxygen atoms in total. The highest BCUT2D eigenvalue weighted by molar-refractivity contribution is 6.15. The van der Waals surface area contributed by atoms with Crippen LogP contribution >= 0.6 is 0 Å². The number of phenols is 2. The predicted octanol–water partition coefficient (Wildman–Crippen LogP) is 4.50. The number of hydrogen-bond donors (Lipinski definition) is 4. The van der Waals surface area contributed by atoms with Crippen molar-refractivity contribution in [2.75, 3.05) is 0 Å². The Labute approximate surface area is 180 Å². The van der Waals surface area contributed by atoms with Crippen molar-refractivity contribution in [1.82, 2.24) is 14.8 Å². The summed E-state index contributed by atoms with van der Waals surface area (Å²) in [5, 5.41) is 24.4. The van der Waals surface area contributed by atoms with E-state index in [1.165, 1.54) is 12.5 Å². The number of H-pyrrole nitrogens is 2. The van der Waals surface area contributed by atoms with E-state index in [1.807, 2.05) is 4.68 Å². The van der Waals surface area contributed by atoms with Crippen molar-refractivity contribution in [3.8, 4) is 22.6 Å². The van der Waals surface area contributed by atoms with Crippen LogP contribution in [0.25, 0.3) is 44.2 Å². The van der Waals surface area contributed by atoms with E-state index in [0.717, 1.165) is 25.7 Å². The number of rotatable bonds is 2. The summed E-state index contributed by atoms with van der Waals surface area (Å²) in [7, 11) is 0. The summed E-state index contributed by atoms with van der Waals surface area (Å²) in [6, 6.07) is 9.67. The molecule has 162 valence electrons. The number of furan rings is 1. The normalized spacial score (nSPS) is 15.2. The third-order valence-electron chi connectivity index (χ3n) is 6.52. The highest BCUT2D eigenvalue weighted by Crippen LogP contribution is 2.41. The van der Waals surface area contributed by atoms with Gasteiger partial charge in [0.2, 0.25) is 11.2 Å².